The highest BCUT2D eigenvalue weighted by Crippen LogP contribution is 2.16. The van der Waals surface area contributed by atoms with Crippen LogP contribution in [-0.2, 0) is 16.0 Å². The van der Waals surface area contributed by atoms with E-state index in [1.807, 2.05) is 30.3 Å². The van der Waals surface area contributed by atoms with Crippen LogP contribution in [0.25, 0.3) is 0 Å². The van der Waals surface area contributed by atoms with E-state index in [2.05, 4.69) is 4.74 Å². The van der Waals surface area contributed by atoms with Gasteiger partial charge in [0.1, 0.15) is 0 Å². The molecule has 0 saturated carbocycles. The highest BCUT2D eigenvalue weighted by Gasteiger charge is 2.40. The number of carbonyl (C=O) groups excluding carboxylic acids is 1. The van der Waals surface area contributed by atoms with Crippen molar-refractivity contribution in [3.05, 3.63) is 35.9 Å². The van der Waals surface area contributed by atoms with E-state index in [1.54, 1.807) is 0 Å². The summed E-state index contributed by atoms with van der Waals surface area (Å²) in [4.78, 5) is 10.4. The standard InChI is InChI=1S/C12H13F3O2/c13-12(14,15)11(16)17-9-5-4-8-10-6-2-1-3-7-10/h1-3,6-7H,4-5,8-9H2. The molecule has 1 aromatic rings. The van der Waals surface area contributed by atoms with Crippen molar-refractivity contribution in [2.45, 2.75) is 25.4 Å². The van der Waals surface area contributed by atoms with Gasteiger partial charge >= 0.3 is 12.1 Å². The number of hydrogen-bond acceptors (Lipinski definition) is 2. The summed E-state index contributed by atoms with van der Waals surface area (Å²) in [5, 5.41) is 0. The summed E-state index contributed by atoms with van der Waals surface area (Å²) in [5.41, 5.74) is 1.12. The van der Waals surface area contributed by atoms with Gasteiger partial charge in [-0.05, 0) is 24.8 Å². The fraction of sp³-hybridized carbons (Fsp3) is 0.417. The summed E-state index contributed by atoms with van der Waals surface area (Å²) < 4.78 is 39.3. The summed E-state index contributed by atoms with van der Waals surface area (Å²) >= 11 is 0. The second kappa shape index (κ2) is 6.27. The number of ether oxygens (including phenoxy) is 1. The average Bonchev–Trinajstić information content (AvgIpc) is 2.28. The van der Waals surface area contributed by atoms with Gasteiger partial charge in [0.25, 0.3) is 0 Å². The molecule has 0 aliphatic heterocycles. The summed E-state index contributed by atoms with van der Waals surface area (Å²) in [6.45, 7) is -0.189. The Balaban J connectivity index is 2.12. The molecule has 0 heterocycles. The van der Waals surface area contributed by atoms with Crippen LogP contribution in [0.4, 0.5) is 13.2 Å². The smallest absolute Gasteiger partial charge is 0.459 e. The number of alkyl halides is 3. The Morgan fingerprint density at radius 2 is 1.76 bits per heavy atom. The molecular formula is C12H13F3O2. The largest absolute Gasteiger partial charge is 0.490 e. The summed E-state index contributed by atoms with van der Waals surface area (Å²) in [7, 11) is 0. The Morgan fingerprint density at radius 1 is 1.12 bits per heavy atom. The van der Waals surface area contributed by atoms with Gasteiger partial charge in [0, 0.05) is 0 Å². The molecule has 5 heteroatoms. The topological polar surface area (TPSA) is 26.3 Å². The fourth-order valence-corrected chi connectivity index (χ4v) is 1.32. The SMILES string of the molecule is O=C(OCCCCc1ccccc1)C(F)(F)F. The Labute approximate surface area is 97.4 Å². The van der Waals surface area contributed by atoms with E-state index in [4.69, 9.17) is 0 Å². The van der Waals surface area contributed by atoms with Crippen molar-refractivity contribution in [2.75, 3.05) is 6.61 Å². The zero-order valence-corrected chi connectivity index (χ0v) is 9.17. The number of hydrogen-bond donors (Lipinski definition) is 0. The number of unbranched alkanes of at least 4 members (excludes halogenated alkanes) is 1. The van der Waals surface area contributed by atoms with Gasteiger partial charge in [-0.1, -0.05) is 30.3 Å². The molecule has 0 atom stereocenters. The second-order valence-electron chi connectivity index (χ2n) is 3.58. The molecule has 2 nitrogen and oxygen atoms in total. The summed E-state index contributed by atoms with van der Waals surface area (Å²) in [6, 6.07) is 9.59. The number of benzene rings is 1. The van der Waals surface area contributed by atoms with Crippen LogP contribution >= 0.6 is 0 Å². The van der Waals surface area contributed by atoms with Crippen molar-refractivity contribution in [3.63, 3.8) is 0 Å². The molecule has 1 rings (SSSR count). The Morgan fingerprint density at radius 3 is 2.35 bits per heavy atom. The fourth-order valence-electron chi connectivity index (χ4n) is 1.32. The molecule has 0 N–H and O–H groups in total. The molecule has 0 aliphatic carbocycles. The number of carbonyl (C=O) groups is 1. The van der Waals surface area contributed by atoms with Crippen LogP contribution in [0, 0.1) is 0 Å². The van der Waals surface area contributed by atoms with Gasteiger partial charge in [-0.3, -0.25) is 0 Å². The highest BCUT2D eigenvalue weighted by atomic mass is 19.4. The highest BCUT2D eigenvalue weighted by molar-refractivity contribution is 5.75. The molecule has 0 radical (unpaired) electrons. The van der Waals surface area contributed by atoms with Crippen molar-refractivity contribution in [3.8, 4) is 0 Å². The first kappa shape index (κ1) is 13.5. The normalized spacial score (nSPS) is 11.2. The van der Waals surface area contributed by atoms with Crippen molar-refractivity contribution < 1.29 is 22.7 Å². The molecule has 1 aromatic carbocycles. The number of esters is 1. The minimum Gasteiger partial charge on any atom is -0.459 e. The Hall–Kier alpha value is -1.52. The van der Waals surface area contributed by atoms with E-state index in [-0.39, 0.29) is 6.61 Å². The van der Waals surface area contributed by atoms with Crippen LogP contribution in [0.15, 0.2) is 30.3 Å². The first-order valence-corrected chi connectivity index (χ1v) is 5.28. The van der Waals surface area contributed by atoms with Gasteiger partial charge in [-0.25, -0.2) is 4.79 Å². The molecule has 0 aliphatic rings. The second-order valence-corrected chi connectivity index (χ2v) is 3.58. The van der Waals surface area contributed by atoms with Gasteiger partial charge in [0.2, 0.25) is 0 Å². The molecule has 0 unspecified atom stereocenters. The predicted octanol–water partition coefficient (Wildman–Crippen LogP) is 3.11. The van der Waals surface area contributed by atoms with E-state index in [0.29, 0.717) is 12.8 Å². The molecule has 0 aromatic heterocycles. The zero-order valence-electron chi connectivity index (χ0n) is 9.17. The predicted molar refractivity (Wildman–Crippen MR) is 56.4 cm³/mol. The average molecular weight is 246 g/mol. The van der Waals surface area contributed by atoms with Gasteiger partial charge in [-0.2, -0.15) is 13.2 Å². The van der Waals surface area contributed by atoms with Crippen LogP contribution in [0.3, 0.4) is 0 Å². The lowest BCUT2D eigenvalue weighted by atomic mass is 10.1. The number of halogens is 3. The molecule has 0 saturated heterocycles. The third-order valence-corrected chi connectivity index (χ3v) is 2.17. The zero-order chi connectivity index (χ0) is 12.7. The molecule has 0 fully saturated rings. The first-order valence-electron chi connectivity index (χ1n) is 5.28. The van der Waals surface area contributed by atoms with Crippen LogP contribution < -0.4 is 0 Å². The molecular weight excluding hydrogens is 233 g/mol. The molecule has 94 valence electrons. The maximum Gasteiger partial charge on any atom is 0.490 e. The van der Waals surface area contributed by atoms with Gasteiger partial charge in [0.05, 0.1) is 6.61 Å². The molecule has 0 bridgehead atoms. The van der Waals surface area contributed by atoms with E-state index in [9.17, 15) is 18.0 Å². The maximum absolute atomic E-state index is 11.7. The first-order chi connectivity index (χ1) is 8.00. The van der Waals surface area contributed by atoms with E-state index in [0.717, 1.165) is 12.0 Å². The lowest BCUT2D eigenvalue weighted by Crippen LogP contribution is -2.25. The third kappa shape index (κ3) is 5.38. The van der Waals surface area contributed by atoms with Crippen LogP contribution in [0.1, 0.15) is 18.4 Å². The minimum absolute atomic E-state index is 0.189. The Kier molecular flexibility index (Phi) is 5.00. The molecule has 0 amide bonds. The van der Waals surface area contributed by atoms with E-state index >= 15 is 0 Å². The lowest BCUT2D eigenvalue weighted by molar-refractivity contribution is -0.199. The summed E-state index contributed by atoms with van der Waals surface area (Å²) in [5.74, 6) is -2.11. The molecule has 17 heavy (non-hydrogen) atoms. The summed E-state index contributed by atoms with van der Waals surface area (Å²) in [6.07, 6.45) is -3.00. The third-order valence-electron chi connectivity index (χ3n) is 2.17. The van der Waals surface area contributed by atoms with Crippen LogP contribution in [-0.4, -0.2) is 18.8 Å². The number of rotatable bonds is 5. The van der Waals surface area contributed by atoms with E-state index < -0.39 is 12.1 Å². The van der Waals surface area contributed by atoms with E-state index in [1.165, 1.54) is 0 Å². The van der Waals surface area contributed by atoms with Crippen molar-refractivity contribution in [1.29, 1.82) is 0 Å². The van der Waals surface area contributed by atoms with Crippen molar-refractivity contribution >= 4 is 5.97 Å². The maximum atomic E-state index is 11.7. The quantitative estimate of drug-likeness (QED) is 0.589. The van der Waals surface area contributed by atoms with Crippen LogP contribution in [0.2, 0.25) is 0 Å². The lowest BCUT2D eigenvalue weighted by Gasteiger charge is -2.06. The minimum atomic E-state index is -4.89. The van der Waals surface area contributed by atoms with Crippen molar-refractivity contribution in [1.82, 2.24) is 0 Å². The van der Waals surface area contributed by atoms with Crippen molar-refractivity contribution in [2.24, 2.45) is 0 Å². The molecule has 0 spiro atoms. The van der Waals surface area contributed by atoms with Gasteiger partial charge < -0.3 is 4.74 Å². The van der Waals surface area contributed by atoms with Gasteiger partial charge in [0.15, 0.2) is 0 Å². The Bertz CT molecular complexity index is 347. The van der Waals surface area contributed by atoms with Gasteiger partial charge in [-0.15, -0.1) is 0 Å². The number of aryl methyl sites for hydroxylation is 1. The monoisotopic (exact) mass is 246 g/mol. The van der Waals surface area contributed by atoms with Crippen LogP contribution in [0.5, 0.6) is 0 Å².